The SMILES string of the molecule is Cc1cc(C)c(OCCc2cccnc2)c(S(N)(=O)=O)c1. The third-order valence-electron chi connectivity index (χ3n) is 3.05. The molecule has 2 aromatic rings. The van der Waals surface area contributed by atoms with Gasteiger partial charge in [0, 0.05) is 18.8 Å². The number of hydrogen-bond donors (Lipinski definition) is 1. The van der Waals surface area contributed by atoms with Gasteiger partial charge >= 0.3 is 0 Å². The van der Waals surface area contributed by atoms with Gasteiger partial charge in [0.25, 0.3) is 0 Å². The van der Waals surface area contributed by atoms with Gasteiger partial charge in [0.2, 0.25) is 10.0 Å². The van der Waals surface area contributed by atoms with Gasteiger partial charge in [-0.2, -0.15) is 0 Å². The number of sulfonamides is 1. The van der Waals surface area contributed by atoms with Crippen LogP contribution in [-0.4, -0.2) is 20.0 Å². The molecule has 0 bridgehead atoms. The summed E-state index contributed by atoms with van der Waals surface area (Å²) in [6.45, 7) is 3.99. The zero-order valence-electron chi connectivity index (χ0n) is 12.0. The zero-order chi connectivity index (χ0) is 15.5. The molecule has 2 rings (SSSR count). The lowest BCUT2D eigenvalue weighted by Crippen LogP contribution is -2.15. The molecule has 0 amide bonds. The van der Waals surface area contributed by atoms with Crippen molar-refractivity contribution < 1.29 is 13.2 Å². The van der Waals surface area contributed by atoms with E-state index < -0.39 is 10.0 Å². The van der Waals surface area contributed by atoms with Crippen molar-refractivity contribution in [2.24, 2.45) is 5.14 Å². The third-order valence-corrected chi connectivity index (χ3v) is 3.97. The summed E-state index contributed by atoms with van der Waals surface area (Å²) in [7, 11) is -3.81. The van der Waals surface area contributed by atoms with Crippen LogP contribution in [0.3, 0.4) is 0 Å². The first-order valence-electron chi connectivity index (χ1n) is 6.53. The van der Waals surface area contributed by atoms with E-state index in [4.69, 9.17) is 9.88 Å². The normalized spacial score (nSPS) is 11.4. The van der Waals surface area contributed by atoms with E-state index in [1.54, 1.807) is 19.3 Å². The van der Waals surface area contributed by atoms with Gasteiger partial charge in [-0.05, 0) is 42.7 Å². The second-order valence-corrected chi connectivity index (χ2v) is 6.44. The van der Waals surface area contributed by atoms with E-state index in [1.165, 1.54) is 6.07 Å². The molecule has 21 heavy (non-hydrogen) atoms. The van der Waals surface area contributed by atoms with Gasteiger partial charge in [0.1, 0.15) is 10.6 Å². The number of aryl methyl sites for hydroxylation is 2. The Morgan fingerprint density at radius 2 is 2.05 bits per heavy atom. The molecule has 6 heteroatoms. The lowest BCUT2D eigenvalue weighted by atomic mass is 10.1. The van der Waals surface area contributed by atoms with E-state index in [-0.39, 0.29) is 4.90 Å². The van der Waals surface area contributed by atoms with E-state index >= 15 is 0 Å². The minimum Gasteiger partial charge on any atom is -0.492 e. The molecule has 0 radical (unpaired) electrons. The van der Waals surface area contributed by atoms with E-state index in [9.17, 15) is 8.42 Å². The second kappa shape index (κ2) is 6.24. The number of primary sulfonamides is 1. The molecule has 0 saturated carbocycles. The molecular formula is C15H18N2O3S. The Kier molecular flexibility index (Phi) is 4.59. The highest BCUT2D eigenvalue weighted by Crippen LogP contribution is 2.28. The number of hydrogen-bond acceptors (Lipinski definition) is 4. The van der Waals surface area contributed by atoms with E-state index in [0.717, 1.165) is 16.7 Å². The zero-order valence-corrected chi connectivity index (χ0v) is 12.9. The lowest BCUT2D eigenvalue weighted by Gasteiger charge is -2.14. The van der Waals surface area contributed by atoms with Crippen LogP contribution in [0.4, 0.5) is 0 Å². The van der Waals surface area contributed by atoms with Gasteiger partial charge in [0.15, 0.2) is 0 Å². The van der Waals surface area contributed by atoms with E-state index in [1.807, 2.05) is 25.1 Å². The van der Waals surface area contributed by atoms with Gasteiger partial charge in [-0.3, -0.25) is 4.98 Å². The molecule has 0 aliphatic heterocycles. The van der Waals surface area contributed by atoms with Crippen LogP contribution in [0.5, 0.6) is 5.75 Å². The molecule has 2 N–H and O–H groups in total. The van der Waals surface area contributed by atoms with Crippen LogP contribution < -0.4 is 9.88 Å². The summed E-state index contributed by atoms with van der Waals surface area (Å²) in [5.41, 5.74) is 2.61. The lowest BCUT2D eigenvalue weighted by molar-refractivity contribution is 0.311. The number of nitrogens with two attached hydrogens (primary N) is 1. The monoisotopic (exact) mass is 306 g/mol. The van der Waals surface area contributed by atoms with Crippen molar-refractivity contribution in [1.29, 1.82) is 0 Å². The number of benzene rings is 1. The molecule has 1 aromatic heterocycles. The van der Waals surface area contributed by atoms with Crippen molar-refractivity contribution in [3.8, 4) is 5.75 Å². The Labute approximate surface area is 124 Å². The molecule has 0 atom stereocenters. The summed E-state index contributed by atoms with van der Waals surface area (Å²) >= 11 is 0. The standard InChI is InChI=1S/C15H18N2O3S/c1-11-8-12(2)15(14(9-11)21(16,18)19)20-7-5-13-4-3-6-17-10-13/h3-4,6,8-10H,5,7H2,1-2H3,(H2,16,18,19). The Bertz CT molecular complexity index is 728. The second-order valence-electron chi connectivity index (χ2n) is 4.91. The van der Waals surface area contributed by atoms with Crippen LogP contribution in [0.25, 0.3) is 0 Å². The van der Waals surface area contributed by atoms with Crippen LogP contribution in [0.15, 0.2) is 41.6 Å². The first-order valence-corrected chi connectivity index (χ1v) is 8.08. The maximum absolute atomic E-state index is 11.7. The molecule has 1 aromatic carbocycles. The molecule has 1 heterocycles. The highest BCUT2D eigenvalue weighted by Gasteiger charge is 2.18. The summed E-state index contributed by atoms with van der Waals surface area (Å²) in [6, 6.07) is 7.19. The van der Waals surface area contributed by atoms with E-state index in [0.29, 0.717) is 18.8 Å². The maximum atomic E-state index is 11.7. The topological polar surface area (TPSA) is 82.3 Å². The van der Waals surface area contributed by atoms with Crippen LogP contribution in [0, 0.1) is 13.8 Å². The third kappa shape index (κ3) is 4.03. The Morgan fingerprint density at radius 3 is 2.67 bits per heavy atom. The first-order chi connectivity index (χ1) is 9.88. The number of aromatic nitrogens is 1. The van der Waals surface area contributed by atoms with Gasteiger partial charge in [-0.15, -0.1) is 0 Å². The summed E-state index contributed by atoms with van der Waals surface area (Å²) in [5, 5.41) is 5.26. The minimum atomic E-state index is -3.81. The molecule has 0 unspecified atom stereocenters. The van der Waals surface area contributed by atoms with Crippen LogP contribution in [-0.2, 0) is 16.4 Å². The van der Waals surface area contributed by atoms with Crippen molar-refractivity contribution in [2.45, 2.75) is 25.2 Å². The van der Waals surface area contributed by atoms with Gasteiger partial charge in [-0.25, -0.2) is 13.6 Å². The predicted octanol–water partition coefficient (Wildman–Crippen LogP) is 1.97. The van der Waals surface area contributed by atoms with Crippen molar-refractivity contribution in [3.63, 3.8) is 0 Å². The predicted molar refractivity (Wildman–Crippen MR) is 80.7 cm³/mol. The Hall–Kier alpha value is -1.92. The quantitative estimate of drug-likeness (QED) is 0.915. The van der Waals surface area contributed by atoms with Crippen LogP contribution >= 0.6 is 0 Å². The number of ether oxygens (including phenoxy) is 1. The van der Waals surface area contributed by atoms with Crippen LogP contribution in [0.1, 0.15) is 16.7 Å². The van der Waals surface area contributed by atoms with Gasteiger partial charge < -0.3 is 4.74 Å². The summed E-state index contributed by atoms with van der Waals surface area (Å²) in [4.78, 5) is 4.06. The smallest absolute Gasteiger partial charge is 0.241 e. The average Bonchev–Trinajstić information content (AvgIpc) is 2.41. The Morgan fingerprint density at radius 1 is 1.29 bits per heavy atom. The highest BCUT2D eigenvalue weighted by molar-refractivity contribution is 7.89. The fourth-order valence-electron chi connectivity index (χ4n) is 2.13. The molecule has 112 valence electrons. The Balaban J connectivity index is 2.20. The van der Waals surface area contributed by atoms with Crippen LogP contribution in [0.2, 0.25) is 0 Å². The molecule has 0 spiro atoms. The summed E-state index contributed by atoms with van der Waals surface area (Å²) < 4.78 is 29.0. The summed E-state index contributed by atoms with van der Waals surface area (Å²) in [6.07, 6.45) is 4.10. The molecule has 5 nitrogen and oxygen atoms in total. The molecule has 0 aliphatic rings. The fraction of sp³-hybridized carbons (Fsp3) is 0.267. The van der Waals surface area contributed by atoms with Crippen molar-refractivity contribution in [3.05, 3.63) is 53.3 Å². The number of nitrogens with zero attached hydrogens (tertiary/aromatic N) is 1. The minimum absolute atomic E-state index is 0.0335. The molecule has 0 aliphatic carbocycles. The largest absolute Gasteiger partial charge is 0.492 e. The highest BCUT2D eigenvalue weighted by atomic mass is 32.2. The molecule has 0 saturated heterocycles. The van der Waals surface area contributed by atoms with Gasteiger partial charge in [0.05, 0.1) is 6.61 Å². The first kappa shape index (κ1) is 15.5. The fourth-order valence-corrected chi connectivity index (χ4v) is 2.96. The number of rotatable bonds is 5. The van der Waals surface area contributed by atoms with Crippen molar-refractivity contribution in [2.75, 3.05) is 6.61 Å². The maximum Gasteiger partial charge on any atom is 0.241 e. The molecular weight excluding hydrogens is 288 g/mol. The van der Waals surface area contributed by atoms with Crippen molar-refractivity contribution in [1.82, 2.24) is 4.98 Å². The summed E-state index contributed by atoms with van der Waals surface area (Å²) in [5.74, 6) is 0.326. The number of pyridine rings is 1. The van der Waals surface area contributed by atoms with Crippen molar-refractivity contribution >= 4 is 10.0 Å². The van der Waals surface area contributed by atoms with Gasteiger partial charge in [-0.1, -0.05) is 12.1 Å². The van der Waals surface area contributed by atoms with E-state index in [2.05, 4.69) is 4.98 Å². The average molecular weight is 306 g/mol. The molecule has 0 fully saturated rings.